The lowest BCUT2D eigenvalue weighted by molar-refractivity contribution is -0.138. The van der Waals surface area contributed by atoms with Crippen LogP contribution in [0.3, 0.4) is 0 Å². The number of ketones is 1. The van der Waals surface area contributed by atoms with E-state index < -0.39 is 28.9 Å². The SMILES string of the molecule is O=C(c1ccc(F)cc1C(F)(F)F)C1CCCCC1. The average molecular weight is 274 g/mol. The molecule has 0 spiro atoms. The van der Waals surface area contributed by atoms with Crippen molar-refractivity contribution in [2.24, 2.45) is 5.92 Å². The largest absolute Gasteiger partial charge is 0.417 e. The topological polar surface area (TPSA) is 17.1 Å². The van der Waals surface area contributed by atoms with E-state index in [1.807, 2.05) is 0 Å². The summed E-state index contributed by atoms with van der Waals surface area (Å²) < 4.78 is 51.5. The normalized spacial score (nSPS) is 17.5. The zero-order valence-corrected chi connectivity index (χ0v) is 10.3. The van der Waals surface area contributed by atoms with Crippen LogP contribution in [0, 0.1) is 11.7 Å². The highest BCUT2D eigenvalue weighted by Gasteiger charge is 2.37. The quantitative estimate of drug-likeness (QED) is 0.568. The van der Waals surface area contributed by atoms with E-state index >= 15 is 0 Å². The van der Waals surface area contributed by atoms with E-state index in [9.17, 15) is 22.4 Å². The third-order valence-corrected chi connectivity index (χ3v) is 3.53. The molecule has 1 aromatic carbocycles. The van der Waals surface area contributed by atoms with Crippen LogP contribution in [0.5, 0.6) is 0 Å². The summed E-state index contributed by atoms with van der Waals surface area (Å²) in [5, 5.41) is 0. The number of halogens is 4. The van der Waals surface area contributed by atoms with Gasteiger partial charge in [0.1, 0.15) is 5.82 Å². The lowest BCUT2D eigenvalue weighted by atomic mass is 9.82. The van der Waals surface area contributed by atoms with Crippen LogP contribution in [0.1, 0.15) is 48.0 Å². The summed E-state index contributed by atoms with van der Waals surface area (Å²) in [5.41, 5.74) is -1.57. The molecule has 0 N–H and O–H groups in total. The number of carbonyl (C=O) groups is 1. The standard InChI is InChI=1S/C14H14F4O/c15-10-6-7-11(12(8-10)14(16,17)18)13(19)9-4-2-1-3-5-9/h6-9H,1-5H2. The first-order valence-corrected chi connectivity index (χ1v) is 6.30. The van der Waals surface area contributed by atoms with Gasteiger partial charge in [0, 0.05) is 11.5 Å². The smallest absolute Gasteiger partial charge is 0.294 e. The van der Waals surface area contributed by atoms with Crippen LogP contribution >= 0.6 is 0 Å². The molecule has 1 aromatic rings. The molecule has 0 heterocycles. The van der Waals surface area contributed by atoms with Crippen LogP contribution in [0.15, 0.2) is 18.2 Å². The summed E-state index contributed by atoms with van der Waals surface area (Å²) in [6.45, 7) is 0. The minimum absolute atomic E-state index is 0.361. The Balaban J connectivity index is 2.35. The molecule has 0 radical (unpaired) electrons. The third kappa shape index (κ3) is 3.14. The third-order valence-electron chi connectivity index (χ3n) is 3.53. The Morgan fingerprint density at radius 1 is 1.11 bits per heavy atom. The first-order valence-electron chi connectivity index (χ1n) is 6.30. The zero-order chi connectivity index (χ0) is 14.0. The van der Waals surface area contributed by atoms with Crippen molar-refractivity contribution < 1.29 is 22.4 Å². The minimum atomic E-state index is -4.71. The second-order valence-electron chi connectivity index (χ2n) is 4.89. The number of Topliss-reactive ketones (excluding diaryl/α,β-unsaturated/α-hetero) is 1. The molecule has 0 amide bonds. The summed E-state index contributed by atoms with van der Waals surface area (Å²) in [5.74, 6) is -1.85. The van der Waals surface area contributed by atoms with Gasteiger partial charge in [0.15, 0.2) is 5.78 Å². The molecule has 104 valence electrons. The Bertz CT molecular complexity index is 473. The fraction of sp³-hybridized carbons (Fsp3) is 0.500. The molecule has 1 aliphatic rings. The van der Waals surface area contributed by atoms with Crippen molar-refractivity contribution >= 4 is 5.78 Å². The van der Waals surface area contributed by atoms with E-state index in [0.717, 1.165) is 31.4 Å². The van der Waals surface area contributed by atoms with Crippen LogP contribution in [0.25, 0.3) is 0 Å². The number of hydrogen-bond donors (Lipinski definition) is 0. The molecule has 0 aromatic heterocycles. The monoisotopic (exact) mass is 274 g/mol. The molecule has 5 heteroatoms. The summed E-state index contributed by atoms with van der Waals surface area (Å²) in [7, 11) is 0. The molecule has 2 rings (SSSR count). The Morgan fingerprint density at radius 3 is 2.32 bits per heavy atom. The van der Waals surface area contributed by atoms with Crippen LogP contribution in [0.4, 0.5) is 17.6 Å². The zero-order valence-electron chi connectivity index (χ0n) is 10.3. The summed E-state index contributed by atoms with van der Waals surface area (Å²) >= 11 is 0. The lowest BCUT2D eigenvalue weighted by Gasteiger charge is -2.22. The van der Waals surface area contributed by atoms with Gasteiger partial charge in [-0.3, -0.25) is 4.79 Å². The van der Waals surface area contributed by atoms with Gasteiger partial charge >= 0.3 is 6.18 Å². The highest BCUT2D eigenvalue weighted by Crippen LogP contribution is 2.35. The van der Waals surface area contributed by atoms with Crippen molar-refractivity contribution in [1.82, 2.24) is 0 Å². The van der Waals surface area contributed by atoms with Crippen LogP contribution in [-0.2, 0) is 6.18 Å². The minimum Gasteiger partial charge on any atom is -0.294 e. The molecule has 0 bridgehead atoms. The molecule has 19 heavy (non-hydrogen) atoms. The van der Waals surface area contributed by atoms with Gasteiger partial charge in [0.2, 0.25) is 0 Å². The molecule has 1 fully saturated rings. The van der Waals surface area contributed by atoms with E-state index in [4.69, 9.17) is 0 Å². The summed E-state index contributed by atoms with van der Waals surface area (Å²) in [6.07, 6.45) is -0.736. The number of rotatable bonds is 2. The molecular weight excluding hydrogens is 260 g/mol. The van der Waals surface area contributed by atoms with Crippen LogP contribution in [-0.4, -0.2) is 5.78 Å². The van der Waals surface area contributed by atoms with Crippen LogP contribution < -0.4 is 0 Å². The molecular formula is C14H14F4O. The highest BCUT2D eigenvalue weighted by molar-refractivity contribution is 5.99. The molecule has 1 aliphatic carbocycles. The van der Waals surface area contributed by atoms with Crippen molar-refractivity contribution in [2.45, 2.75) is 38.3 Å². The van der Waals surface area contributed by atoms with Crippen molar-refractivity contribution in [1.29, 1.82) is 0 Å². The first-order chi connectivity index (χ1) is 8.89. The molecule has 0 aliphatic heterocycles. The number of carbonyl (C=O) groups excluding carboxylic acids is 1. The fourth-order valence-corrected chi connectivity index (χ4v) is 2.55. The van der Waals surface area contributed by atoms with Gasteiger partial charge in [-0.1, -0.05) is 19.3 Å². The second-order valence-corrected chi connectivity index (χ2v) is 4.89. The van der Waals surface area contributed by atoms with E-state index in [1.54, 1.807) is 0 Å². The predicted octanol–water partition coefficient (Wildman–Crippen LogP) is 4.61. The lowest BCUT2D eigenvalue weighted by Crippen LogP contribution is -2.22. The number of alkyl halides is 3. The van der Waals surface area contributed by atoms with Crippen molar-refractivity contribution in [3.8, 4) is 0 Å². The van der Waals surface area contributed by atoms with Gasteiger partial charge < -0.3 is 0 Å². The Kier molecular flexibility index (Phi) is 3.92. The Hall–Kier alpha value is -1.39. The van der Waals surface area contributed by atoms with Gasteiger partial charge in [0.05, 0.1) is 5.56 Å². The van der Waals surface area contributed by atoms with E-state index in [1.165, 1.54) is 0 Å². The van der Waals surface area contributed by atoms with E-state index in [0.29, 0.717) is 18.9 Å². The molecule has 1 nitrogen and oxygen atoms in total. The van der Waals surface area contributed by atoms with Gasteiger partial charge in [0.25, 0.3) is 0 Å². The van der Waals surface area contributed by atoms with Gasteiger partial charge in [-0.2, -0.15) is 13.2 Å². The maximum Gasteiger partial charge on any atom is 0.417 e. The van der Waals surface area contributed by atoms with Gasteiger partial charge in [-0.25, -0.2) is 4.39 Å². The van der Waals surface area contributed by atoms with Crippen molar-refractivity contribution in [3.63, 3.8) is 0 Å². The highest BCUT2D eigenvalue weighted by atomic mass is 19.4. The molecule has 0 saturated heterocycles. The average Bonchev–Trinajstić information content (AvgIpc) is 2.38. The predicted molar refractivity (Wildman–Crippen MR) is 62.3 cm³/mol. The van der Waals surface area contributed by atoms with E-state index in [2.05, 4.69) is 0 Å². The molecule has 0 atom stereocenters. The second kappa shape index (κ2) is 5.31. The Labute approximate surface area is 108 Å². The van der Waals surface area contributed by atoms with Gasteiger partial charge in [-0.15, -0.1) is 0 Å². The Morgan fingerprint density at radius 2 is 1.74 bits per heavy atom. The number of benzene rings is 1. The summed E-state index contributed by atoms with van der Waals surface area (Å²) in [6, 6.07) is 2.26. The maximum atomic E-state index is 13.0. The first kappa shape index (κ1) is 14.0. The van der Waals surface area contributed by atoms with Gasteiger partial charge in [-0.05, 0) is 31.0 Å². The number of hydrogen-bond acceptors (Lipinski definition) is 1. The van der Waals surface area contributed by atoms with Crippen molar-refractivity contribution in [2.75, 3.05) is 0 Å². The molecule has 1 saturated carbocycles. The summed E-state index contributed by atoms with van der Waals surface area (Å²) in [4.78, 5) is 12.2. The van der Waals surface area contributed by atoms with Crippen molar-refractivity contribution in [3.05, 3.63) is 35.1 Å². The van der Waals surface area contributed by atoms with E-state index in [-0.39, 0.29) is 5.92 Å². The molecule has 0 unspecified atom stereocenters. The fourth-order valence-electron chi connectivity index (χ4n) is 2.55. The van der Waals surface area contributed by atoms with Crippen LogP contribution in [0.2, 0.25) is 0 Å². The maximum absolute atomic E-state index is 13.0.